The Hall–Kier alpha value is -3.08. The zero-order chi connectivity index (χ0) is 18.1. The van der Waals surface area contributed by atoms with Gasteiger partial charge in [-0.25, -0.2) is 0 Å². The summed E-state index contributed by atoms with van der Waals surface area (Å²) in [6, 6.07) is 13.8. The number of carbonyl (C=O) groups excluding carboxylic acids is 2. The SMILES string of the molecule is CCCCOc1ccc(C(=O)C=CNc2ccc(C(N)=O)cc2)cc1. The molecule has 0 spiro atoms. The van der Waals surface area contributed by atoms with Gasteiger partial charge in [-0.3, -0.25) is 9.59 Å². The molecule has 0 atom stereocenters. The van der Waals surface area contributed by atoms with Crippen molar-refractivity contribution in [2.24, 2.45) is 5.73 Å². The summed E-state index contributed by atoms with van der Waals surface area (Å²) in [4.78, 5) is 23.1. The van der Waals surface area contributed by atoms with E-state index in [0.29, 0.717) is 17.7 Å². The number of ketones is 1. The highest BCUT2D eigenvalue weighted by atomic mass is 16.5. The van der Waals surface area contributed by atoms with Crippen LogP contribution in [0, 0.1) is 0 Å². The maximum atomic E-state index is 12.1. The second kappa shape index (κ2) is 9.27. The number of primary amides is 1. The fraction of sp³-hybridized carbons (Fsp3) is 0.200. The molecule has 0 aliphatic rings. The molecule has 0 radical (unpaired) electrons. The van der Waals surface area contributed by atoms with Crippen molar-refractivity contribution in [2.75, 3.05) is 11.9 Å². The summed E-state index contributed by atoms with van der Waals surface area (Å²) in [6.45, 7) is 2.79. The van der Waals surface area contributed by atoms with Gasteiger partial charge in [-0.2, -0.15) is 0 Å². The van der Waals surface area contributed by atoms with Crippen LogP contribution in [0.1, 0.15) is 40.5 Å². The Morgan fingerprint density at radius 3 is 2.28 bits per heavy atom. The topological polar surface area (TPSA) is 81.4 Å². The zero-order valence-electron chi connectivity index (χ0n) is 14.2. The van der Waals surface area contributed by atoms with E-state index in [0.717, 1.165) is 24.3 Å². The van der Waals surface area contributed by atoms with Gasteiger partial charge in [0.05, 0.1) is 6.61 Å². The summed E-state index contributed by atoms with van der Waals surface area (Å²) >= 11 is 0. The second-order valence-corrected chi connectivity index (χ2v) is 5.51. The third kappa shape index (κ3) is 5.80. The highest BCUT2D eigenvalue weighted by Gasteiger charge is 2.02. The van der Waals surface area contributed by atoms with Crippen molar-refractivity contribution in [1.29, 1.82) is 0 Å². The van der Waals surface area contributed by atoms with Crippen molar-refractivity contribution >= 4 is 17.4 Å². The third-order valence-corrected chi connectivity index (χ3v) is 3.56. The van der Waals surface area contributed by atoms with Gasteiger partial charge < -0.3 is 15.8 Å². The van der Waals surface area contributed by atoms with Gasteiger partial charge >= 0.3 is 0 Å². The molecular formula is C20H22N2O3. The molecule has 25 heavy (non-hydrogen) atoms. The van der Waals surface area contributed by atoms with E-state index in [1.807, 2.05) is 0 Å². The first-order chi connectivity index (χ1) is 12.1. The van der Waals surface area contributed by atoms with Gasteiger partial charge in [0.1, 0.15) is 5.75 Å². The van der Waals surface area contributed by atoms with Gasteiger partial charge in [0, 0.05) is 29.1 Å². The molecule has 0 aliphatic carbocycles. The van der Waals surface area contributed by atoms with Gasteiger partial charge in [0.25, 0.3) is 0 Å². The number of nitrogens with one attached hydrogen (secondary N) is 1. The predicted molar refractivity (Wildman–Crippen MR) is 98.9 cm³/mol. The lowest BCUT2D eigenvalue weighted by Gasteiger charge is -2.05. The summed E-state index contributed by atoms with van der Waals surface area (Å²) < 4.78 is 5.57. The molecule has 0 fully saturated rings. The van der Waals surface area contributed by atoms with Crippen molar-refractivity contribution in [1.82, 2.24) is 0 Å². The Morgan fingerprint density at radius 2 is 1.68 bits per heavy atom. The van der Waals surface area contributed by atoms with Gasteiger partial charge in [-0.05, 0) is 55.0 Å². The largest absolute Gasteiger partial charge is 0.494 e. The molecule has 0 unspecified atom stereocenters. The second-order valence-electron chi connectivity index (χ2n) is 5.51. The molecule has 0 aromatic heterocycles. The fourth-order valence-corrected chi connectivity index (χ4v) is 2.09. The molecule has 0 heterocycles. The number of carbonyl (C=O) groups is 2. The molecule has 2 aromatic carbocycles. The smallest absolute Gasteiger partial charge is 0.248 e. The lowest BCUT2D eigenvalue weighted by molar-refractivity contribution is 0.0999. The number of amides is 1. The Bertz CT molecular complexity index is 735. The first-order valence-corrected chi connectivity index (χ1v) is 8.20. The number of anilines is 1. The molecular weight excluding hydrogens is 316 g/mol. The third-order valence-electron chi connectivity index (χ3n) is 3.56. The normalized spacial score (nSPS) is 10.6. The van der Waals surface area contributed by atoms with Crippen LogP contribution >= 0.6 is 0 Å². The fourth-order valence-electron chi connectivity index (χ4n) is 2.09. The van der Waals surface area contributed by atoms with Crippen molar-refractivity contribution in [3.05, 3.63) is 71.9 Å². The van der Waals surface area contributed by atoms with Crippen LogP contribution in [0.25, 0.3) is 0 Å². The van der Waals surface area contributed by atoms with Gasteiger partial charge in [-0.1, -0.05) is 13.3 Å². The van der Waals surface area contributed by atoms with E-state index in [1.165, 1.54) is 6.08 Å². The molecule has 1 amide bonds. The summed E-state index contributed by atoms with van der Waals surface area (Å²) in [7, 11) is 0. The van der Waals surface area contributed by atoms with E-state index in [1.54, 1.807) is 54.7 Å². The molecule has 3 N–H and O–H groups in total. The number of hydrogen-bond donors (Lipinski definition) is 2. The first-order valence-electron chi connectivity index (χ1n) is 8.20. The molecule has 0 aliphatic heterocycles. The number of rotatable bonds is 9. The Kier molecular flexibility index (Phi) is 6.77. The average Bonchev–Trinajstić information content (AvgIpc) is 2.63. The number of ether oxygens (including phenoxy) is 1. The predicted octanol–water partition coefficient (Wildman–Crippen LogP) is 3.77. The van der Waals surface area contributed by atoms with Crippen LogP contribution in [-0.2, 0) is 0 Å². The number of benzene rings is 2. The number of hydrogen-bond acceptors (Lipinski definition) is 4. The van der Waals surface area contributed by atoms with Crippen molar-refractivity contribution in [3.8, 4) is 5.75 Å². The minimum Gasteiger partial charge on any atom is -0.494 e. The molecule has 5 nitrogen and oxygen atoms in total. The summed E-state index contributed by atoms with van der Waals surface area (Å²) in [6.07, 6.45) is 5.11. The highest BCUT2D eigenvalue weighted by Crippen LogP contribution is 2.14. The van der Waals surface area contributed by atoms with Crippen LogP contribution in [0.2, 0.25) is 0 Å². The van der Waals surface area contributed by atoms with Crippen molar-refractivity contribution < 1.29 is 14.3 Å². The number of allylic oxidation sites excluding steroid dienone is 1. The zero-order valence-corrected chi connectivity index (χ0v) is 14.2. The lowest BCUT2D eigenvalue weighted by Crippen LogP contribution is -2.10. The van der Waals surface area contributed by atoms with E-state index >= 15 is 0 Å². The number of unbranched alkanes of at least 4 members (excludes halogenated alkanes) is 1. The Balaban J connectivity index is 1.88. The lowest BCUT2D eigenvalue weighted by atomic mass is 10.1. The molecule has 130 valence electrons. The molecule has 0 saturated carbocycles. The van der Waals surface area contributed by atoms with Crippen LogP contribution in [0.3, 0.4) is 0 Å². The van der Waals surface area contributed by atoms with Gasteiger partial charge in [0.2, 0.25) is 5.91 Å². The van der Waals surface area contributed by atoms with Gasteiger partial charge in [0.15, 0.2) is 5.78 Å². The van der Waals surface area contributed by atoms with Crippen LogP contribution in [-0.4, -0.2) is 18.3 Å². The van der Waals surface area contributed by atoms with Crippen LogP contribution in [0.4, 0.5) is 5.69 Å². The summed E-state index contributed by atoms with van der Waals surface area (Å²) in [5, 5.41) is 2.98. The quantitative estimate of drug-likeness (QED) is 0.414. The number of nitrogens with two attached hydrogens (primary N) is 1. The maximum Gasteiger partial charge on any atom is 0.248 e. The minimum atomic E-state index is -0.473. The summed E-state index contributed by atoms with van der Waals surface area (Å²) in [5.74, 6) is 0.183. The van der Waals surface area contributed by atoms with Crippen LogP contribution in [0.15, 0.2) is 60.8 Å². The Morgan fingerprint density at radius 1 is 1.04 bits per heavy atom. The van der Waals surface area contributed by atoms with Crippen molar-refractivity contribution in [3.63, 3.8) is 0 Å². The van der Waals surface area contributed by atoms with Gasteiger partial charge in [-0.15, -0.1) is 0 Å². The van der Waals surface area contributed by atoms with E-state index < -0.39 is 5.91 Å². The van der Waals surface area contributed by atoms with E-state index in [2.05, 4.69) is 12.2 Å². The molecule has 5 heteroatoms. The van der Waals surface area contributed by atoms with E-state index in [9.17, 15) is 9.59 Å². The Labute approximate surface area is 147 Å². The molecule has 2 rings (SSSR count). The summed E-state index contributed by atoms with van der Waals surface area (Å²) in [5.41, 5.74) is 6.97. The van der Waals surface area contributed by atoms with Crippen LogP contribution < -0.4 is 15.8 Å². The average molecular weight is 338 g/mol. The van der Waals surface area contributed by atoms with E-state index in [-0.39, 0.29) is 5.78 Å². The minimum absolute atomic E-state index is 0.110. The van der Waals surface area contributed by atoms with E-state index in [4.69, 9.17) is 10.5 Å². The van der Waals surface area contributed by atoms with Crippen molar-refractivity contribution in [2.45, 2.75) is 19.8 Å². The first kappa shape index (κ1) is 18.3. The monoisotopic (exact) mass is 338 g/mol. The standard InChI is InChI=1S/C20H22N2O3/c1-2-3-14-25-18-10-6-15(7-11-18)19(23)12-13-22-17-8-4-16(5-9-17)20(21)24/h4-13,22H,2-3,14H2,1H3,(H2,21,24). The maximum absolute atomic E-state index is 12.1. The highest BCUT2D eigenvalue weighted by molar-refractivity contribution is 6.04. The van der Waals surface area contributed by atoms with Crippen LogP contribution in [0.5, 0.6) is 5.75 Å². The molecule has 0 saturated heterocycles. The molecule has 0 bridgehead atoms. The molecule has 2 aromatic rings.